The molecule has 0 atom stereocenters. The molecule has 0 spiro atoms. The summed E-state index contributed by atoms with van der Waals surface area (Å²) in [5.41, 5.74) is 8.85. The van der Waals surface area contributed by atoms with Crippen molar-refractivity contribution in [2.75, 3.05) is 13.1 Å². The summed E-state index contributed by atoms with van der Waals surface area (Å²) in [4.78, 5) is 23.4. The number of nitrogens with two attached hydrogens (primary N) is 1. The molecular weight excluding hydrogens is 194 g/mol. The number of rotatable bonds is 3. The van der Waals surface area contributed by atoms with E-state index in [9.17, 15) is 9.59 Å². The summed E-state index contributed by atoms with van der Waals surface area (Å²) in [7, 11) is 0. The molecule has 3 N–H and O–H groups in total. The molecule has 0 fully saturated rings. The quantitative estimate of drug-likeness (QED) is 0.667. The number of imide groups is 1. The number of hydrogen-bond donors (Lipinski definition) is 2. The van der Waals surface area contributed by atoms with E-state index in [1.807, 2.05) is 0 Å². The fourth-order valence-electron chi connectivity index (χ4n) is 1.51. The Morgan fingerprint density at radius 2 is 1.67 bits per heavy atom. The molecule has 15 heavy (non-hydrogen) atoms. The maximum absolute atomic E-state index is 11.7. The molecule has 5 heteroatoms. The molecule has 0 radical (unpaired) electrons. The Morgan fingerprint density at radius 3 is 2.13 bits per heavy atom. The van der Waals surface area contributed by atoms with Gasteiger partial charge in [0.15, 0.2) is 0 Å². The van der Waals surface area contributed by atoms with Crippen molar-refractivity contribution in [3.05, 3.63) is 35.4 Å². The number of fused-ring (bicyclic) bond motifs is 1. The number of nitrogens with one attached hydrogen (secondary N) is 1. The van der Waals surface area contributed by atoms with Gasteiger partial charge < -0.3 is 5.73 Å². The first kappa shape index (κ1) is 9.82. The third kappa shape index (κ3) is 1.51. The van der Waals surface area contributed by atoms with Gasteiger partial charge in [0.25, 0.3) is 11.8 Å². The number of amides is 2. The lowest BCUT2D eigenvalue weighted by atomic mass is 10.1. The van der Waals surface area contributed by atoms with Gasteiger partial charge in [-0.1, -0.05) is 12.1 Å². The van der Waals surface area contributed by atoms with Crippen molar-refractivity contribution in [1.82, 2.24) is 10.4 Å². The zero-order chi connectivity index (χ0) is 10.8. The van der Waals surface area contributed by atoms with Crippen LogP contribution in [0.1, 0.15) is 20.7 Å². The largest absolute Gasteiger partial charge is 0.329 e. The lowest BCUT2D eigenvalue weighted by molar-refractivity contribution is 0.0570. The molecule has 2 amide bonds. The Bertz CT molecular complexity index is 382. The molecule has 1 heterocycles. The SMILES string of the molecule is NCCNN1C(=O)c2ccccc2C1=O. The fourth-order valence-corrected chi connectivity index (χ4v) is 1.51. The number of hydrazine groups is 1. The molecule has 0 saturated carbocycles. The van der Waals surface area contributed by atoms with Crippen LogP contribution in [0.2, 0.25) is 0 Å². The summed E-state index contributed by atoms with van der Waals surface area (Å²) in [6, 6.07) is 6.74. The number of carbonyl (C=O) groups excluding carboxylic acids is 2. The van der Waals surface area contributed by atoms with Crippen LogP contribution in [0.15, 0.2) is 24.3 Å². The molecule has 0 aromatic heterocycles. The van der Waals surface area contributed by atoms with Gasteiger partial charge in [-0.25, -0.2) is 10.4 Å². The average Bonchev–Trinajstić information content (AvgIpc) is 2.51. The molecule has 0 saturated heterocycles. The van der Waals surface area contributed by atoms with Crippen LogP contribution < -0.4 is 11.2 Å². The first-order valence-electron chi connectivity index (χ1n) is 4.67. The first-order chi connectivity index (χ1) is 7.25. The minimum Gasteiger partial charge on any atom is -0.329 e. The minimum atomic E-state index is -0.316. The smallest absolute Gasteiger partial charge is 0.276 e. The predicted octanol–water partition coefficient (Wildman–Crippen LogP) is -0.254. The van der Waals surface area contributed by atoms with Gasteiger partial charge in [0.2, 0.25) is 0 Å². The predicted molar refractivity (Wildman–Crippen MR) is 54.0 cm³/mol. The highest BCUT2D eigenvalue weighted by Gasteiger charge is 2.34. The molecule has 1 aliphatic heterocycles. The third-order valence-electron chi connectivity index (χ3n) is 2.21. The van der Waals surface area contributed by atoms with Gasteiger partial charge in [-0.2, -0.15) is 0 Å². The van der Waals surface area contributed by atoms with E-state index in [0.29, 0.717) is 24.2 Å². The number of nitrogens with zero attached hydrogens (tertiary/aromatic N) is 1. The maximum Gasteiger partial charge on any atom is 0.276 e. The Kier molecular flexibility index (Phi) is 2.49. The monoisotopic (exact) mass is 205 g/mol. The van der Waals surface area contributed by atoms with Crippen LogP contribution >= 0.6 is 0 Å². The van der Waals surface area contributed by atoms with Gasteiger partial charge in [0, 0.05) is 13.1 Å². The van der Waals surface area contributed by atoms with Crippen molar-refractivity contribution in [3.8, 4) is 0 Å². The molecule has 0 bridgehead atoms. The average molecular weight is 205 g/mol. The van der Waals surface area contributed by atoms with E-state index in [-0.39, 0.29) is 11.8 Å². The Balaban J connectivity index is 2.29. The Hall–Kier alpha value is -1.72. The topological polar surface area (TPSA) is 75.4 Å². The zero-order valence-corrected chi connectivity index (χ0v) is 8.06. The fraction of sp³-hybridized carbons (Fsp3) is 0.200. The van der Waals surface area contributed by atoms with Crippen LogP contribution in [0, 0.1) is 0 Å². The van der Waals surface area contributed by atoms with Crippen LogP contribution in [-0.2, 0) is 0 Å². The molecule has 1 aliphatic rings. The van der Waals surface area contributed by atoms with Gasteiger partial charge in [-0.3, -0.25) is 9.59 Å². The second kappa shape index (κ2) is 3.80. The third-order valence-corrected chi connectivity index (χ3v) is 2.21. The lowest BCUT2D eigenvalue weighted by Crippen LogP contribution is -2.44. The molecule has 1 aromatic rings. The molecular formula is C10H11N3O2. The first-order valence-corrected chi connectivity index (χ1v) is 4.67. The van der Waals surface area contributed by atoms with Crippen molar-refractivity contribution in [3.63, 3.8) is 0 Å². The normalized spacial score (nSPS) is 14.6. The van der Waals surface area contributed by atoms with E-state index in [2.05, 4.69) is 5.43 Å². The van der Waals surface area contributed by atoms with E-state index in [1.54, 1.807) is 24.3 Å². The van der Waals surface area contributed by atoms with Crippen LogP contribution in [0.3, 0.4) is 0 Å². The van der Waals surface area contributed by atoms with Gasteiger partial charge >= 0.3 is 0 Å². The molecule has 1 aromatic carbocycles. The summed E-state index contributed by atoms with van der Waals surface area (Å²) >= 11 is 0. The minimum absolute atomic E-state index is 0.316. The molecule has 0 unspecified atom stereocenters. The second-order valence-corrected chi connectivity index (χ2v) is 3.19. The number of carbonyl (C=O) groups is 2. The molecule has 2 rings (SSSR count). The highest BCUT2D eigenvalue weighted by molar-refractivity contribution is 6.20. The van der Waals surface area contributed by atoms with Gasteiger partial charge in [0.05, 0.1) is 11.1 Å². The van der Waals surface area contributed by atoms with Crippen LogP contribution in [0.5, 0.6) is 0 Å². The molecule has 0 aliphatic carbocycles. The van der Waals surface area contributed by atoms with E-state index in [1.165, 1.54) is 0 Å². The van der Waals surface area contributed by atoms with E-state index < -0.39 is 0 Å². The van der Waals surface area contributed by atoms with Crippen molar-refractivity contribution in [2.45, 2.75) is 0 Å². The van der Waals surface area contributed by atoms with Gasteiger partial charge in [-0.15, -0.1) is 0 Å². The number of benzene rings is 1. The summed E-state index contributed by atoms with van der Waals surface area (Å²) in [6.45, 7) is 0.763. The van der Waals surface area contributed by atoms with Crippen molar-refractivity contribution in [2.24, 2.45) is 5.73 Å². The molecule has 78 valence electrons. The van der Waals surface area contributed by atoms with Crippen molar-refractivity contribution < 1.29 is 9.59 Å². The number of hydrogen-bond acceptors (Lipinski definition) is 4. The van der Waals surface area contributed by atoms with Crippen LogP contribution in [0.25, 0.3) is 0 Å². The highest BCUT2D eigenvalue weighted by Crippen LogP contribution is 2.20. The van der Waals surface area contributed by atoms with Crippen molar-refractivity contribution >= 4 is 11.8 Å². The van der Waals surface area contributed by atoms with E-state index in [4.69, 9.17) is 5.73 Å². The second-order valence-electron chi connectivity index (χ2n) is 3.19. The summed E-state index contributed by atoms with van der Waals surface area (Å²) in [5, 5.41) is 1.01. The van der Waals surface area contributed by atoms with Gasteiger partial charge in [0.1, 0.15) is 0 Å². The summed E-state index contributed by atoms with van der Waals surface area (Å²) in [6.07, 6.45) is 0. The maximum atomic E-state index is 11.7. The van der Waals surface area contributed by atoms with Crippen LogP contribution in [0.4, 0.5) is 0 Å². The lowest BCUT2D eigenvalue weighted by Gasteiger charge is -2.13. The van der Waals surface area contributed by atoms with E-state index >= 15 is 0 Å². The highest BCUT2D eigenvalue weighted by atomic mass is 16.2. The summed E-state index contributed by atoms with van der Waals surface area (Å²) in [5.74, 6) is -0.631. The zero-order valence-electron chi connectivity index (χ0n) is 8.06. The summed E-state index contributed by atoms with van der Waals surface area (Å²) < 4.78 is 0. The van der Waals surface area contributed by atoms with Crippen molar-refractivity contribution in [1.29, 1.82) is 0 Å². The van der Waals surface area contributed by atoms with Crippen LogP contribution in [-0.4, -0.2) is 29.9 Å². The standard InChI is InChI=1S/C10H11N3O2/c11-5-6-12-13-9(14)7-3-1-2-4-8(7)10(13)15/h1-4,12H,5-6,11H2. The van der Waals surface area contributed by atoms with Gasteiger partial charge in [-0.05, 0) is 12.1 Å². The Labute approximate surface area is 86.8 Å². The van der Waals surface area contributed by atoms with E-state index in [0.717, 1.165) is 5.01 Å². The molecule has 5 nitrogen and oxygen atoms in total. The Morgan fingerprint density at radius 1 is 1.13 bits per heavy atom.